The second kappa shape index (κ2) is 10.5. The summed E-state index contributed by atoms with van der Waals surface area (Å²) < 4.78 is 0. The summed E-state index contributed by atoms with van der Waals surface area (Å²) in [5.41, 5.74) is 4.75. The number of unbranched alkanes of at least 4 members (excludes halogenated alkanes) is 1. The minimum absolute atomic E-state index is 0.00579. The molecule has 3 aromatic carbocycles. The molecule has 5 nitrogen and oxygen atoms in total. The summed E-state index contributed by atoms with van der Waals surface area (Å²) in [7, 11) is 0. The van der Waals surface area contributed by atoms with Crippen LogP contribution in [-0.4, -0.2) is 23.6 Å². The van der Waals surface area contributed by atoms with E-state index in [-0.39, 0.29) is 11.8 Å². The summed E-state index contributed by atoms with van der Waals surface area (Å²) >= 11 is 6.29. The number of halogens is 1. The number of carbonyl (C=O) groups is 2. The Labute approximate surface area is 198 Å². The molecule has 0 aromatic heterocycles. The molecule has 1 heterocycles. The molecular formula is C27H26ClN3O2. The number of anilines is 2. The van der Waals surface area contributed by atoms with Crippen LogP contribution in [0, 0.1) is 0 Å². The lowest BCUT2D eigenvalue weighted by atomic mass is 10.00. The number of carbonyl (C=O) groups excluding carboxylic acids is 2. The van der Waals surface area contributed by atoms with E-state index in [4.69, 9.17) is 16.6 Å². The fraction of sp³-hybridized carbons (Fsp3) is 0.222. The lowest BCUT2D eigenvalue weighted by Gasteiger charge is -2.12. The molecule has 0 saturated carbocycles. The van der Waals surface area contributed by atoms with Gasteiger partial charge in [0.2, 0.25) is 11.8 Å². The molecule has 4 rings (SSSR count). The molecule has 2 N–H and O–H groups in total. The van der Waals surface area contributed by atoms with Crippen molar-refractivity contribution in [3.63, 3.8) is 0 Å². The van der Waals surface area contributed by atoms with Gasteiger partial charge in [-0.1, -0.05) is 67.4 Å². The average Bonchev–Trinajstić information content (AvgIpc) is 2.95. The molecule has 0 aliphatic carbocycles. The van der Waals surface area contributed by atoms with Crippen molar-refractivity contribution in [2.24, 2.45) is 4.99 Å². The summed E-state index contributed by atoms with van der Waals surface area (Å²) in [5.74, 6) is -0.150. The number of aliphatic imine (C=N–C) groups is 1. The van der Waals surface area contributed by atoms with Crippen molar-refractivity contribution in [2.75, 3.05) is 10.6 Å². The molecule has 0 spiro atoms. The molecule has 33 heavy (non-hydrogen) atoms. The maximum atomic E-state index is 13.0. The van der Waals surface area contributed by atoms with Crippen LogP contribution in [-0.2, 0) is 16.0 Å². The normalized spacial score (nSPS) is 15.2. The number of benzene rings is 3. The number of benzodiazepines with no additional fused rings is 1. The molecule has 3 aromatic rings. The molecule has 168 valence electrons. The standard InChI is InChI=1S/C27H26ClN3O2/c1-2-3-9-25(32)29-21-13-10-19(11-14-21)26-22-17-20(28)12-15-23(22)31-27(33)24(30-26)16-18-7-5-4-6-8-18/h4-8,10-15,17,24H,2-3,9,16H2,1H3,(H,29,32)(H,31,33). The molecule has 1 unspecified atom stereocenters. The van der Waals surface area contributed by atoms with Gasteiger partial charge < -0.3 is 10.6 Å². The number of nitrogens with zero attached hydrogens (tertiary/aromatic N) is 1. The minimum atomic E-state index is -0.581. The molecule has 1 aliphatic rings. The molecule has 0 saturated heterocycles. The smallest absolute Gasteiger partial charge is 0.249 e. The molecule has 1 atom stereocenters. The number of hydrogen-bond donors (Lipinski definition) is 2. The predicted octanol–water partition coefficient (Wildman–Crippen LogP) is 5.87. The van der Waals surface area contributed by atoms with E-state index >= 15 is 0 Å². The Morgan fingerprint density at radius 3 is 2.55 bits per heavy atom. The van der Waals surface area contributed by atoms with Crippen molar-refractivity contribution in [1.29, 1.82) is 0 Å². The second-order valence-corrected chi connectivity index (χ2v) is 8.53. The van der Waals surface area contributed by atoms with Crippen molar-refractivity contribution in [3.05, 3.63) is 94.5 Å². The van der Waals surface area contributed by atoms with Gasteiger partial charge in [0.25, 0.3) is 0 Å². The Morgan fingerprint density at radius 2 is 1.82 bits per heavy atom. The highest BCUT2D eigenvalue weighted by Crippen LogP contribution is 2.28. The molecule has 6 heteroatoms. The highest BCUT2D eigenvalue weighted by atomic mass is 35.5. The molecule has 0 bridgehead atoms. The zero-order chi connectivity index (χ0) is 23.2. The van der Waals surface area contributed by atoms with Crippen LogP contribution >= 0.6 is 11.6 Å². The third-order valence-corrected chi connectivity index (χ3v) is 5.79. The minimum Gasteiger partial charge on any atom is -0.326 e. The summed E-state index contributed by atoms with van der Waals surface area (Å²) in [6.45, 7) is 2.06. The van der Waals surface area contributed by atoms with Gasteiger partial charge in [0.1, 0.15) is 6.04 Å². The van der Waals surface area contributed by atoms with Crippen LogP contribution in [0.2, 0.25) is 5.02 Å². The number of nitrogens with one attached hydrogen (secondary N) is 2. The van der Waals surface area contributed by atoms with Gasteiger partial charge in [0.15, 0.2) is 0 Å². The first-order valence-corrected chi connectivity index (χ1v) is 11.5. The zero-order valence-corrected chi connectivity index (χ0v) is 19.2. The average molecular weight is 460 g/mol. The largest absolute Gasteiger partial charge is 0.326 e. The van der Waals surface area contributed by atoms with Crippen LogP contribution in [0.15, 0.2) is 77.8 Å². The van der Waals surface area contributed by atoms with Crippen molar-refractivity contribution in [2.45, 2.75) is 38.6 Å². The van der Waals surface area contributed by atoms with Crippen LogP contribution in [0.5, 0.6) is 0 Å². The van der Waals surface area contributed by atoms with Crippen molar-refractivity contribution in [1.82, 2.24) is 0 Å². The summed E-state index contributed by atoms with van der Waals surface area (Å²) in [4.78, 5) is 30.0. The van der Waals surface area contributed by atoms with E-state index in [0.29, 0.717) is 29.3 Å². The molecule has 0 radical (unpaired) electrons. The van der Waals surface area contributed by atoms with Gasteiger partial charge in [-0.25, -0.2) is 0 Å². The van der Waals surface area contributed by atoms with Gasteiger partial charge in [-0.2, -0.15) is 0 Å². The number of fused-ring (bicyclic) bond motifs is 1. The second-order valence-electron chi connectivity index (χ2n) is 8.09. The van der Waals surface area contributed by atoms with Gasteiger partial charge in [-0.15, -0.1) is 0 Å². The van der Waals surface area contributed by atoms with Crippen LogP contribution in [0.1, 0.15) is 42.9 Å². The maximum absolute atomic E-state index is 13.0. The number of amides is 2. The van der Waals surface area contributed by atoms with E-state index in [9.17, 15) is 9.59 Å². The van der Waals surface area contributed by atoms with E-state index in [1.807, 2.05) is 60.7 Å². The van der Waals surface area contributed by atoms with E-state index < -0.39 is 6.04 Å². The first-order valence-electron chi connectivity index (χ1n) is 11.2. The van der Waals surface area contributed by atoms with E-state index in [0.717, 1.165) is 35.2 Å². The number of hydrogen-bond acceptors (Lipinski definition) is 3. The highest BCUT2D eigenvalue weighted by Gasteiger charge is 2.26. The van der Waals surface area contributed by atoms with Crippen LogP contribution < -0.4 is 10.6 Å². The Balaban J connectivity index is 1.68. The summed E-state index contributed by atoms with van der Waals surface area (Å²) in [6, 6.07) is 22.2. The first kappa shape index (κ1) is 22.7. The van der Waals surface area contributed by atoms with Gasteiger partial charge in [0, 0.05) is 34.7 Å². The Bertz CT molecular complexity index is 1170. The van der Waals surface area contributed by atoms with Crippen LogP contribution in [0.3, 0.4) is 0 Å². The maximum Gasteiger partial charge on any atom is 0.249 e. The van der Waals surface area contributed by atoms with E-state index in [1.165, 1.54) is 0 Å². The van der Waals surface area contributed by atoms with Crippen molar-refractivity contribution >= 4 is 40.5 Å². The van der Waals surface area contributed by atoms with Gasteiger partial charge in [0.05, 0.1) is 11.4 Å². The van der Waals surface area contributed by atoms with E-state index in [1.54, 1.807) is 12.1 Å². The highest BCUT2D eigenvalue weighted by molar-refractivity contribution is 6.32. The summed E-state index contributed by atoms with van der Waals surface area (Å²) in [6.07, 6.45) is 2.84. The molecular weight excluding hydrogens is 434 g/mol. The Morgan fingerprint density at radius 1 is 1.06 bits per heavy atom. The molecule has 2 amide bonds. The lowest BCUT2D eigenvalue weighted by Crippen LogP contribution is -2.27. The monoisotopic (exact) mass is 459 g/mol. The van der Waals surface area contributed by atoms with Crippen molar-refractivity contribution < 1.29 is 9.59 Å². The lowest BCUT2D eigenvalue weighted by molar-refractivity contribution is -0.117. The fourth-order valence-electron chi connectivity index (χ4n) is 3.80. The summed E-state index contributed by atoms with van der Waals surface area (Å²) in [5, 5.41) is 6.50. The van der Waals surface area contributed by atoms with Gasteiger partial charge in [-0.05, 0) is 42.3 Å². The third-order valence-electron chi connectivity index (χ3n) is 5.55. The van der Waals surface area contributed by atoms with E-state index in [2.05, 4.69) is 17.6 Å². The van der Waals surface area contributed by atoms with Crippen LogP contribution in [0.4, 0.5) is 11.4 Å². The van der Waals surface area contributed by atoms with Gasteiger partial charge in [-0.3, -0.25) is 14.6 Å². The third kappa shape index (κ3) is 5.68. The fourth-order valence-corrected chi connectivity index (χ4v) is 3.97. The predicted molar refractivity (Wildman–Crippen MR) is 134 cm³/mol. The quantitative estimate of drug-likeness (QED) is 0.463. The number of rotatable bonds is 7. The molecule has 0 fully saturated rings. The van der Waals surface area contributed by atoms with Crippen LogP contribution in [0.25, 0.3) is 0 Å². The van der Waals surface area contributed by atoms with Crippen molar-refractivity contribution in [3.8, 4) is 0 Å². The first-order chi connectivity index (χ1) is 16.0. The molecule has 1 aliphatic heterocycles. The Hall–Kier alpha value is -3.44. The topological polar surface area (TPSA) is 70.6 Å². The Kier molecular flexibility index (Phi) is 7.20. The zero-order valence-electron chi connectivity index (χ0n) is 18.5. The van der Waals surface area contributed by atoms with Gasteiger partial charge >= 0.3 is 0 Å². The SMILES string of the molecule is CCCCC(=O)Nc1ccc(C2=NC(Cc3ccccc3)C(=O)Nc3ccc(Cl)cc32)cc1.